The summed E-state index contributed by atoms with van der Waals surface area (Å²) in [5.74, 6) is 1.93. The van der Waals surface area contributed by atoms with E-state index in [0.717, 1.165) is 37.6 Å². The smallest absolute Gasteiger partial charge is 0.119 e. The number of benzene rings is 6. The molecule has 178 valence electrons. The van der Waals surface area contributed by atoms with Gasteiger partial charge < -0.3 is 9.47 Å². The van der Waals surface area contributed by atoms with E-state index >= 15 is 0 Å². The standard InChI is InChI=1S/C34H30O2/c1-2-4-6-20-36-29-18-16-24-8-10-26-12-14-27-13-11-25-9-7-23-15-17-28(35-19-5-3-1)21-30(23)32(25)34(27)33(26)31(24)22-29/h7-18,21-22H,1-6,19-20H2. The van der Waals surface area contributed by atoms with Crippen molar-refractivity contribution in [1.82, 2.24) is 0 Å². The van der Waals surface area contributed by atoms with Crippen LogP contribution in [0, 0.1) is 0 Å². The van der Waals surface area contributed by atoms with Crippen molar-refractivity contribution in [3.05, 3.63) is 84.9 Å². The molecule has 0 saturated heterocycles. The molecule has 2 nitrogen and oxygen atoms in total. The first kappa shape index (κ1) is 21.5. The number of hydrogen-bond acceptors (Lipinski definition) is 2. The van der Waals surface area contributed by atoms with Gasteiger partial charge >= 0.3 is 0 Å². The van der Waals surface area contributed by atoms with E-state index in [4.69, 9.17) is 9.47 Å². The third-order valence-corrected chi connectivity index (χ3v) is 7.80. The third-order valence-electron chi connectivity index (χ3n) is 7.80. The molecule has 1 aliphatic heterocycles. The van der Waals surface area contributed by atoms with E-state index in [0.29, 0.717) is 0 Å². The summed E-state index contributed by atoms with van der Waals surface area (Å²) in [6, 6.07) is 31.2. The molecule has 0 radical (unpaired) electrons. The first-order valence-corrected chi connectivity index (χ1v) is 13.4. The second-order valence-electron chi connectivity index (χ2n) is 10.1. The van der Waals surface area contributed by atoms with Gasteiger partial charge in [-0.25, -0.2) is 0 Å². The molecule has 1 aliphatic rings. The van der Waals surface area contributed by atoms with Gasteiger partial charge in [0.15, 0.2) is 0 Å². The Labute approximate surface area is 211 Å². The minimum absolute atomic E-state index is 0.773. The molecular formula is C34H30O2. The lowest BCUT2D eigenvalue weighted by Gasteiger charge is -2.14. The van der Waals surface area contributed by atoms with Gasteiger partial charge in [0, 0.05) is 0 Å². The highest BCUT2D eigenvalue weighted by atomic mass is 16.5. The maximum absolute atomic E-state index is 6.25. The van der Waals surface area contributed by atoms with Crippen LogP contribution in [0.25, 0.3) is 53.9 Å². The highest BCUT2D eigenvalue weighted by molar-refractivity contribution is 6.32. The van der Waals surface area contributed by atoms with Crippen LogP contribution >= 0.6 is 0 Å². The van der Waals surface area contributed by atoms with Gasteiger partial charge in [0.1, 0.15) is 11.5 Å². The molecule has 6 aromatic carbocycles. The van der Waals surface area contributed by atoms with Crippen molar-refractivity contribution in [2.45, 2.75) is 38.5 Å². The Morgan fingerprint density at radius 3 is 1.19 bits per heavy atom. The van der Waals surface area contributed by atoms with Crippen molar-refractivity contribution >= 4 is 53.9 Å². The predicted molar refractivity (Wildman–Crippen MR) is 153 cm³/mol. The van der Waals surface area contributed by atoms with Gasteiger partial charge in [-0.2, -0.15) is 0 Å². The van der Waals surface area contributed by atoms with Crippen LogP contribution < -0.4 is 9.47 Å². The monoisotopic (exact) mass is 470 g/mol. The first-order chi connectivity index (χ1) is 17.8. The van der Waals surface area contributed by atoms with E-state index in [1.807, 2.05) is 0 Å². The minimum atomic E-state index is 0.773. The normalized spacial score (nSPS) is 15.3. The fraction of sp³-hybridized carbons (Fsp3) is 0.235. The molecular weight excluding hydrogens is 440 g/mol. The zero-order valence-corrected chi connectivity index (χ0v) is 20.6. The second kappa shape index (κ2) is 9.02. The van der Waals surface area contributed by atoms with E-state index < -0.39 is 0 Å². The highest BCUT2D eigenvalue weighted by Gasteiger charge is 2.13. The van der Waals surface area contributed by atoms with Gasteiger partial charge in [-0.3, -0.25) is 0 Å². The summed E-state index contributed by atoms with van der Waals surface area (Å²) < 4.78 is 12.5. The summed E-state index contributed by atoms with van der Waals surface area (Å²) in [6.07, 6.45) is 7.14. The van der Waals surface area contributed by atoms with E-state index in [9.17, 15) is 0 Å². The van der Waals surface area contributed by atoms with Gasteiger partial charge in [0.25, 0.3) is 0 Å². The summed E-state index contributed by atoms with van der Waals surface area (Å²) in [7, 11) is 0. The summed E-state index contributed by atoms with van der Waals surface area (Å²) in [6.45, 7) is 1.55. The summed E-state index contributed by atoms with van der Waals surface area (Å²) in [5, 5.41) is 12.7. The Hall–Kier alpha value is -3.78. The molecule has 0 unspecified atom stereocenters. The van der Waals surface area contributed by atoms with Gasteiger partial charge in [-0.1, -0.05) is 86.3 Å². The van der Waals surface area contributed by atoms with Gasteiger partial charge in [0.2, 0.25) is 0 Å². The third kappa shape index (κ3) is 3.73. The van der Waals surface area contributed by atoms with Crippen LogP contribution in [0.2, 0.25) is 0 Å². The van der Waals surface area contributed by atoms with Gasteiger partial charge in [-0.15, -0.1) is 0 Å². The highest BCUT2D eigenvalue weighted by Crippen LogP contribution is 2.41. The molecule has 0 atom stereocenters. The molecule has 0 fully saturated rings. The molecule has 7 rings (SSSR count). The molecule has 0 N–H and O–H groups in total. The Morgan fingerprint density at radius 1 is 0.361 bits per heavy atom. The average Bonchev–Trinajstić information content (AvgIpc) is 2.92. The fourth-order valence-electron chi connectivity index (χ4n) is 5.93. The molecule has 6 aromatic rings. The van der Waals surface area contributed by atoms with Crippen LogP contribution in [-0.4, -0.2) is 13.2 Å². The molecule has 0 saturated carbocycles. The summed E-state index contributed by atoms with van der Waals surface area (Å²) in [5.41, 5.74) is 0. The Balaban J connectivity index is 1.58. The number of ether oxygens (including phenoxy) is 2. The number of fused-ring (bicyclic) bond motifs is 2. The number of hydrogen-bond donors (Lipinski definition) is 0. The SMILES string of the molecule is c1cc2ccc3ccc4ccc5ccc6ccc7cc6c5c4c3c2cc1OCCCCCCCCO7. The number of rotatable bonds is 0. The summed E-state index contributed by atoms with van der Waals surface area (Å²) >= 11 is 0. The summed E-state index contributed by atoms with van der Waals surface area (Å²) in [4.78, 5) is 0. The van der Waals surface area contributed by atoms with Gasteiger partial charge in [-0.05, 0) is 91.0 Å². The zero-order chi connectivity index (χ0) is 23.9. The topological polar surface area (TPSA) is 18.5 Å². The molecule has 0 aliphatic carbocycles. The quantitative estimate of drug-likeness (QED) is 0.206. The largest absolute Gasteiger partial charge is 0.494 e. The lowest BCUT2D eigenvalue weighted by Crippen LogP contribution is -1.98. The van der Waals surface area contributed by atoms with Crippen LogP contribution in [0.4, 0.5) is 0 Å². The molecule has 0 amide bonds. The lowest BCUT2D eigenvalue weighted by molar-refractivity contribution is 0.297. The Morgan fingerprint density at radius 2 is 0.722 bits per heavy atom. The molecule has 1 heterocycles. The van der Waals surface area contributed by atoms with Crippen molar-refractivity contribution < 1.29 is 9.47 Å². The molecule has 0 spiro atoms. The first-order valence-electron chi connectivity index (χ1n) is 13.4. The fourth-order valence-corrected chi connectivity index (χ4v) is 5.93. The second-order valence-corrected chi connectivity index (χ2v) is 10.1. The predicted octanol–water partition coefficient (Wildman–Crippen LogP) is 9.56. The van der Waals surface area contributed by atoms with Crippen molar-refractivity contribution in [1.29, 1.82) is 0 Å². The van der Waals surface area contributed by atoms with Crippen molar-refractivity contribution in [2.24, 2.45) is 0 Å². The maximum Gasteiger partial charge on any atom is 0.119 e. The van der Waals surface area contributed by atoms with E-state index in [1.165, 1.54) is 79.5 Å². The van der Waals surface area contributed by atoms with Gasteiger partial charge in [0.05, 0.1) is 13.2 Å². The molecule has 4 bridgehead atoms. The molecule has 2 heteroatoms. The van der Waals surface area contributed by atoms with E-state index in [2.05, 4.69) is 84.9 Å². The zero-order valence-electron chi connectivity index (χ0n) is 20.6. The average molecular weight is 471 g/mol. The van der Waals surface area contributed by atoms with E-state index in [-0.39, 0.29) is 0 Å². The maximum atomic E-state index is 6.25. The Bertz CT molecular complexity index is 1610. The van der Waals surface area contributed by atoms with Crippen molar-refractivity contribution in [2.75, 3.05) is 13.2 Å². The van der Waals surface area contributed by atoms with E-state index in [1.54, 1.807) is 0 Å². The Kier molecular flexibility index (Phi) is 5.39. The lowest BCUT2D eigenvalue weighted by atomic mass is 9.90. The van der Waals surface area contributed by atoms with Crippen LogP contribution in [0.1, 0.15) is 38.5 Å². The molecule has 36 heavy (non-hydrogen) atoms. The van der Waals surface area contributed by atoms with Crippen molar-refractivity contribution in [3.63, 3.8) is 0 Å². The van der Waals surface area contributed by atoms with Crippen LogP contribution in [0.15, 0.2) is 84.9 Å². The van der Waals surface area contributed by atoms with Crippen molar-refractivity contribution in [3.8, 4) is 11.5 Å². The minimum Gasteiger partial charge on any atom is -0.494 e. The van der Waals surface area contributed by atoms with Crippen LogP contribution in [0.5, 0.6) is 11.5 Å². The van der Waals surface area contributed by atoms with Crippen LogP contribution in [-0.2, 0) is 0 Å². The van der Waals surface area contributed by atoms with Crippen LogP contribution in [0.3, 0.4) is 0 Å². The molecule has 0 aromatic heterocycles.